The van der Waals surface area contributed by atoms with E-state index in [4.69, 9.17) is 4.74 Å². The Bertz CT molecular complexity index is 444. The number of hydrogen-bond acceptors (Lipinski definition) is 4. The van der Waals surface area contributed by atoms with E-state index in [-0.39, 0.29) is 11.8 Å². The topological polar surface area (TPSA) is 44.7 Å². The smallest absolute Gasteiger partial charge is 0.160 e. The van der Waals surface area contributed by atoms with Gasteiger partial charge < -0.3 is 20.1 Å². The molecule has 1 aromatic rings. The van der Waals surface area contributed by atoms with Gasteiger partial charge in [0.05, 0.1) is 7.11 Å². The number of benzene rings is 1. The molecule has 4 heteroatoms. The third kappa shape index (κ3) is 4.35. The van der Waals surface area contributed by atoms with Gasteiger partial charge in [0.2, 0.25) is 0 Å². The van der Waals surface area contributed by atoms with Gasteiger partial charge in [-0.1, -0.05) is 18.9 Å². The minimum atomic E-state index is 0.189. The molecule has 4 nitrogen and oxygen atoms in total. The van der Waals surface area contributed by atoms with Crippen molar-refractivity contribution < 1.29 is 9.84 Å². The molecule has 2 N–H and O–H groups in total. The minimum absolute atomic E-state index is 0.189. The van der Waals surface area contributed by atoms with Crippen molar-refractivity contribution >= 4 is 0 Å². The van der Waals surface area contributed by atoms with Crippen LogP contribution < -0.4 is 10.1 Å². The Hall–Kier alpha value is -1.26. The van der Waals surface area contributed by atoms with Gasteiger partial charge in [-0.3, -0.25) is 0 Å². The van der Waals surface area contributed by atoms with Crippen LogP contribution in [0.2, 0.25) is 0 Å². The second-order valence-corrected chi connectivity index (χ2v) is 6.03. The molecule has 118 valence electrons. The maximum Gasteiger partial charge on any atom is 0.160 e. The van der Waals surface area contributed by atoms with E-state index in [1.54, 1.807) is 13.2 Å². The summed E-state index contributed by atoms with van der Waals surface area (Å²) in [5.74, 6) is 0.721. The molecule has 0 heterocycles. The van der Waals surface area contributed by atoms with E-state index in [1.165, 1.54) is 25.7 Å². The van der Waals surface area contributed by atoms with E-state index in [2.05, 4.69) is 24.2 Å². The molecule has 0 radical (unpaired) electrons. The summed E-state index contributed by atoms with van der Waals surface area (Å²) >= 11 is 0. The second-order valence-electron chi connectivity index (χ2n) is 6.03. The Morgan fingerprint density at radius 2 is 2.10 bits per heavy atom. The number of hydrogen-bond donors (Lipinski definition) is 2. The number of methoxy groups -OCH3 is 1. The lowest BCUT2D eigenvalue weighted by atomic mass is 10.1. The zero-order chi connectivity index (χ0) is 15.2. The van der Waals surface area contributed by atoms with Gasteiger partial charge in [-0.15, -0.1) is 0 Å². The van der Waals surface area contributed by atoms with E-state index in [0.29, 0.717) is 5.75 Å². The number of rotatable bonds is 7. The summed E-state index contributed by atoms with van der Waals surface area (Å²) in [5, 5.41) is 13.2. The summed E-state index contributed by atoms with van der Waals surface area (Å²) in [4.78, 5) is 2.48. The molecule has 1 aliphatic rings. The Balaban J connectivity index is 1.79. The molecule has 0 amide bonds. The molecule has 1 fully saturated rings. The van der Waals surface area contributed by atoms with Crippen LogP contribution in [0.15, 0.2) is 18.2 Å². The van der Waals surface area contributed by atoms with Gasteiger partial charge in [0.15, 0.2) is 11.5 Å². The van der Waals surface area contributed by atoms with Gasteiger partial charge in [-0.25, -0.2) is 0 Å². The summed E-state index contributed by atoms with van der Waals surface area (Å²) in [6.07, 6.45) is 5.46. The van der Waals surface area contributed by atoms with E-state index in [9.17, 15) is 5.11 Å². The lowest BCUT2D eigenvalue weighted by Gasteiger charge is -2.25. The fourth-order valence-electron chi connectivity index (χ4n) is 3.07. The van der Waals surface area contributed by atoms with Gasteiger partial charge >= 0.3 is 0 Å². The highest BCUT2D eigenvalue weighted by Gasteiger charge is 2.19. The maximum absolute atomic E-state index is 9.63. The number of phenolic OH excluding ortho intramolecular Hbond substituents is 1. The predicted molar refractivity (Wildman–Crippen MR) is 86.0 cm³/mol. The van der Waals surface area contributed by atoms with Crippen LogP contribution >= 0.6 is 0 Å². The molecule has 1 atom stereocenters. The van der Waals surface area contributed by atoms with Crippen LogP contribution in [0, 0.1) is 0 Å². The Morgan fingerprint density at radius 3 is 2.76 bits per heavy atom. The largest absolute Gasteiger partial charge is 0.504 e. The molecule has 0 aromatic heterocycles. The fraction of sp³-hybridized carbons (Fsp3) is 0.647. The number of likely N-dealkylation sites (N-methyl/N-ethyl adjacent to an activating group) is 1. The van der Waals surface area contributed by atoms with Crippen molar-refractivity contribution in [3.05, 3.63) is 23.8 Å². The van der Waals surface area contributed by atoms with E-state index >= 15 is 0 Å². The zero-order valence-corrected chi connectivity index (χ0v) is 13.4. The van der Waals surface area contributed by atoms with Gasteiger partial charge in [0.1, 0.15) is 0 Å². The molecule has 1 saturated carbocycles. The van der Waals surface area contributed by atoms with E-state index in [1.807, 2.05) is 12.1 Å². The standard InChI is InChI=1S/C17H28N2O2/c1-13(14-8-9-16(20)17(12-14)21-3)18-10-11-19(2)15-6-4-5-7-15/h8-9,12-13,15,18,20H,4-7,10-11H2,1-3H3. The first-order valence-corrected chi connectivity index (χ1v) is 7.92. The Morgan fingerprint density at radius 1 is 1.38 bits per heavy atom. The molecular formula is C17H28N2O2. The molecule has 0 saturated heterocycles. The normalized spacial score (nSPS) is 17.3. The summed E-state index contributed by atoms with van der Waals surface area (Å²) in [6, 6.07) is 6.55. The van der Waals surface area contributed by atoms with Crippen LogP contribution in [0.3, 0.4) is 0 Å². The van der Waals surface area contributed by atoms with Crippen molar-refractivity contribution in [3.8, 4) is 11.5 Å². The highest BCUT2D eigenvalue weighted by Crippen LogP contribution is 2.28. The number of ether oxygens (including phenoxy) is 1. The van der Waals surface area contributed by atoms with Gasteiger partial charge in [-0.2, -0.15) is 0 Å². The third-order valence-electron chi connectivity index (χ3n) is 4.57. The summed E-state index contributed by atoms with van der Waals surface area (Å²) < 4.78 is 5.16. The molecule has 1 unspecified atom stereocenters. The van der Waals surface area contributed by atoms with Crippen molar-refractivity contribution in [2.75, 3.05) is 27.2 Å². The average Bonchev–Trinajstić information content (AvgIpc) is 3.01. The number of aromatic hydroxyl groups is 1. The monoisotopic (exact) mass is 292 g/mol. The van der Waals surface area contributed by atoms with Gasteiger partial charge in [0, 0.05) is 25.2 Å². The van der Waals surface area contributed by atoms with Crippen LogP contribution in [0.1, 0.15) is 44.2 Å². The zero-order valence-electron chi connectivity index (χ0n) is 13.4. The molecule has 2 rings (SSSR count). The van der Waals surface area contributed by atoms with Crippen LogP contribution in [-0.4, -0.2) is 43.3 Å². The van der Waals surface area contributed by atoms with Crippen LogP contribution in [0.5, 0.6) is 11.5 Å². The third-order valence-corrected chi connectivity index (χ3v) is 4.57. The molecule has 0 aliphatic heterocycles. The summed E-state index contributed by atoms with van der Waals surface area (Å²) in [7, 11) is 3.80. The highest BCUT2D eigenvalue weighted by molar-refractivity contribution is 5.42. The highest BCUT2D eigenvalue weighted by atomic mass is 16.5. The lowest BCUT2D eigenvalue weighted by molar-refractivity contribution is 0.243. The quantitative estimate of drug-likeness (QED) is 0.811. The SMILES string of the molecule is COc1cc(C(C)NCCN(C)C2CCCC2)ccc1O. The molecule has 1 aliphatic carbocycles. The predicted octanol–water partition coefficient (Wildman–Crippen LogP) is 2.93. The number of nitrogens with one attached hydrogen (secondary N) is 1. The Kier molecular flexibility index (Phi) is 5.88. The van der Waals surface area contributed by atoms with Crippen LogP contribution in [0.4, 0.5) is 0 Å². The van der Waals surface area contributed by atoms with Gasteiger partial charge in [0.25, 0.3) is 0 Å². The molecule has 0 spiro atoms. The molecule has 0 bridgehead atoms. The Labute approximate surface area is 128 Å². The molecule has 21 heavy (non-hydrogen) atoms. The first-order valence-electron chi connectivity index (χ1n) is 7.92. The molecular weight excluding hydrogens is 264 g/mol. The van der Waals surface area contributed by atoms with Crippen molar-refractivity contribution in [1.29, 1.82) is 0 Å². The lowest BCUT2D eigenvalue weighted by Crippen LogP contribution is -2.36. The first kappa shape index (κ1) is 16.1. The first-order chi connectivity index (χ1) is 10.1. The van der Waals surface area contributed by atoms with E-state index in [0.717, 1.165) is 24.7 Å². The number of nitrogens with zero attached hydrogens (tertiary/aromatic N) is 1. The maximum atomic E-state index is 9.63. The average molecular weight is 292 g/mol. The van der Waals surface area contributed by atoms with Crippen LogP contribution in [0.25, 0.3) is 0 Å². The van der Waals surface area contributed by atoms with Crippen molar-refractivity contribution in [1.82, 2.24) is 10.2 Å². The molecule has 1 aromatic carbocycles. The van der Waals surface area contributed by atoms with E-state index < -0.39 is 0 Å². The number of phenols is 1. The summed E-state index contributed by atoms with van der Waals surface area (Å²) in [5.41, 5.74) is 1.13. The second kappa shape index (κ2) is 7.66. The van der Waals surface area contributed by atoms with Crippen molar-refractivity contribution in [2.24, 2.45) is 0 Å². The minimum Gasteiger partial charge on any atom is -0.504 e. The van der Waals surface area contributed by atoms with Crippen molar-refractivity contribution in [3.63, 3.8) is 0 Å². The summed E-state index contributed by atoms with van der Waals surface area (Å²) in [6.45, 7) is 4.18. The van der Waals surface area contributed by atoms with Crippen LogP contribution in [-0.2, 0) is 0 Å². The van der Waals surface area contributed by atoms with Crippen molar-refractivity contribution in [2.45, 2.75) is 44.7 Å². The van der Waals surface area contributed by atoms with Gasteiger partial charge in [-0.05, 0) is 44.5 Å². The fourth-order valence-corrected chi connectivity index (χ4v) is 3.07.